The second-order valence-electron chi connectivity index (χ2n) is 3.47. The quantitative estimate of drug-likeness (QED) is 0.378. The number of piperazine rings is 1. The van der Waals surface area contributed by atoms with E-state index in [1.807, 2.05) is 0 Å². The lowest BCUT2D eigenvalue weighted by Gasteiger charge is -2.23. The minimum absolute atomic E-state index is 0.119. The fourth-order valence-electron chi connectivity index (χ4n) is 1.28. The van der Waals surface area contributed by atoms with E-state index in [0.29, 0.717) is 0 Å². The molecular formula is C9H15N3O5. The van der Waals surface area contributed by atoms with Crippen molar-refractivity contribution in [3.05, 3.63) is 0 Å². The third-order valence-corrected chi connectivity index (χ3v) is 2.10. The number of aliphatic carboxylic acids is 1. The molecule has 0 radical (unpaired) electrons. The molecule has 8 heteroatoms. The number of hydrogen-bond donors (Lipinski definition) is 4. The number of nitrogens with one attached hydrogen (secondary N) is 3. The zero-order valence-corrected chi connectivity index (χ0v) is 9.19. The van der Waals surface area contributed by atoms with E-state index in [9.17, 15) is 14.4 Å². The maximum atomic E-state index is 11.5. The Balaban J connectivity index is 2.08. The zero-order chi connectivity index (χ0) is 12.7. The molecule has 1 heterocycles. The standard InChI is InChI=1S/C9H15N3O5/c13-7-4-11-6(3-12-7)9(16)10-1-2-17-5-8(14)15/h6,11H,1-5H2,(H,10,16)(H,12,13)(H,14,15). The van der Waals surface area contributed by atoms with Crippen LogP contribution in [0.1, 0.15) is 0 Å². The van der Waals surface area contributed by atoms with Gasteiger partial charge in [-0.15, -0.1) is 0 Å². The molecule has 1 saturated heterocycles. The van der Waals surface area contributed by atoms with E-state index in [1.54, 1.807) is 0 Å². The van der Waals surface area contributed by atoms with Crippen LogP contribution in [0.4, 0.5) is 0 Å². The Kier molecular flexibility index (Phi) is 5.37. The third kappa shape index (κ3) is 5.27. The van der Waals surface area contributed by atoms with Gasteiger partial charge in [0.2, 0.25) is 11.8 Å². The number of carbonyl (C=O) groups is 3. The van der Waals surface area contributed by atoms with E-state index in [1.165, 1.54) is 0 Å². The van der Waals surface area contributed by atoms with Gasteiger partial charge in [0.05, 0.1) is 13.2 Å². The molecule has 1 rings (SSSR count). The molecule has 96 valence electrons. The molecule has 0 saturated carbocycles. The van der Waals surface area contributed by atoms with Crippen LogP contribution in [0.5, 0.6) is 0 Å². The number of ether oxygens (including phenoxy) is 1. The number of carboxylic acids is 1. The molecule has 1 aliphatic heterocycles. The molecule has 0 aromatic rings. The normalized spacial score (nSPS) is 19.5. The lowest BCUT2D eigenvalue weighted by molar-refractivity contribution is -0.142. The van der Waals surface area contributed by atoms with Crippen molar-refractivity contribution in [3.8, 4) is 0 Å². The molecule has 1 unspecified atom stereocenters. The Labute approximate surface area is 97.7 Å². The van der Waals surface area contributed by atoms with Crippen molar-refractivity contribution >= 4 is 17.8 Å². The van der Waals surface area contributed by atoms with Gasteiger partial charge in [-0.3, -0.25) is 14.9 Å². The van der Waals surface area contributed by atoms with Crippen LogP contribution in [0.25, 0.3) is 0 Å². The van der Waals surface area contributed by atoms with Gasteiger partial charge in [0, 0.05) is 13.1 Å². The number of carbonyl (C=O) groups excluding carboxylic acids is 2. The van der Waals surface area contributed by atoms with E-state index in [4.69, 9.17) is 9.84 Å². The van der Waals surface area contributed by atoms with E-state index in [2.05, 4.69) is 16.0 Å². The van der Waals surface area contributed by atoms with Crippen LogP contribution in [0.2, 0.25) is 0 Å². The average Bonchev–Trinajstić information content (AvgIpc) is 2.29. The Bertz CT molecular complexity index is 297. The molecule has 0 bridgehead atoms. The minimum Gasteiger partial charge on any atom is -0.480 e. The van der Waals surface area contributed by atoms with Gasteiger partial charge < -0.3 is 20.5 Å². The van der Waals surface area contributed by atoms with Crippen LogP contribution in [-0.2, 0) is 19.1 Å². The second-order valence-corrected chi connectivity index (χ2v) is 3.47. The first-order valence-electron chi connectivity index (χ1n) is 5.17. The second kappa shape index (κ2) is 6.81. The molecule has 0 spiro atoms. The van der Waals surface area contributed by atoms with Crippen molar-refractivity contribution in [3.63, 3.8) is 0 Å². The summed E-state index contributed by atoms with van der Waals surface area (Å²) < 4.78 is 4.75. The average molecular weight is 245 g/mol. The summed E-state index contributed by atoms with van der Waals surface area (Å²) in [6.45, 7) is 0.358. The van der Waals surface area contributed by atoms with Gasteiger partial charge >= 0.3 is 5.97 Å². The predicted molar refractivity (Wildman–Crippen MR) is 56.3 cm³/mol. The molecule has 4 N–H and O–H groups in total. The van der Waals surface area contributed by atoms with Crippen molar-refractivity contribution in [1.29, 1.82) is 0 Å². The van der Waals surface area contributed by atoms with Crippen LogP contribution in [-0.4, -0.2) is 61.8 Å². The highest BCUT2D eigenvalue weighted by Gasteiger charge is 2.22. The fraction of sp³-hybridized carbons (Fsp3) is 0.667. The summed E-state index contributed by atoms with van der Waals surface area (Å²) in [4.78, 5) is 32.4. The first kappa shape index (κ1) is 13.4. The van der Waals surface area contributed by atoms with Crippen LogP contribution in [0.3, 0.4) is 0 Å². The van der Waals surface area contributed by atoms with Gasteiger partial charge in [-0.25, -0.2) is 4.79 Å². The SMILES string of the molecule is O=C(O)COCCNC(=O)C1CNC(=O)CN1. The summed E-state index contributed by atoms with van der Waals surface area (Å²) >= 11 is 0. The zero-order valence-electron chi connectivity index (χ0n) is 9.19. The van der Waals surface area contributed by atoms with Crippen LogP contribution in [0.15, 0.2) is 0 Å². The first-order chi connectivity index (χ1) is 8.09. The number of amides is 2. The first-order valence-corrected chi connectivity index (χ1v) is 5.17. The fourth-order valence-corrected chi connectivity index (χ4v) is 1.28. The van der Waals surface area contributed by atoms with E-state index >= 15 is 0 Å². The lowest BCUT2D eigenvalue weighted by Crippen LogP contribution is -2.58. The van der Waals surface area contributed by atoms with Gasteiger partial charge in [-0.1, -0.05) is 0 Å². The molecule has 0 aromatic carbocycles. The molecule has 1 aliphatic rings. The number of carboxylic acid groups (broad SMARTS) is 1. The summed E-state index contributed by atoms with van der Waals surface area (Å²) in [5.41, 5.74) is 0. The van der Waals surface area contributed by atoms with Gasteiger partial charge in [-0.05, 0) is 0 Å². The van der Waals surface area contributed by atoms with Crippen LogP contribution >= 0.6 is 0 Å². The van der Waals surface area contributed by atoms with Gasteiger partial charge in [0.15, 0.2) is 0 Å². The molecular weight excluding hydrogens is 230 g/mol. The summed E-state index contributed by atoms with van der Waals surface area (Å²) in [5.74, 6) is -1.43. The maximum absolute atomic E-state index is 11.5. The van der Waals surface area contributed by atoms with Crippen molar-refractivity contribution in [2.45, 2.75) is 6.04 Å². The minimum atomic E-state index is -1.05. The molecule has 0 aliphatic carbocycles. The van der Waals surface area contributed by atoms with Crippen LogP contribution in [0, 0.1) is 0 Å². The molecule has 17 heavy (non-hydrogen) atoms. The van der Waals surface area contributed by atoms with Gasteiger partial charge in [0.25, 0.3) is 0 Å². The monoisotopic (exact) mass is 245 g/mol. The Morgan fingerprint density at radius 2 is 2.29 bits per heavy atom. The molecule has 8 nitrogen and oxygen atoms in total. The highest BCUT2D eigenvalue weighted by Crippen LogP contribution is 1.88. The van der Waals surface area contributed by atoms with Gasteiger partial charge in [0.1, 0.15) is 12.6 Å². The Morgan fingerprint density at radius 3 is 2.88 bits per heavy atom. The smallest absolute Gasteiger partial charge is 0.329 e. The highest BCUT2D eigenvalue weighted by atomic mass is 16.5. The summed E-state index contributed by atoms with van der Waals surface area (Å²) in [6.07, 6.45) is 0. The van der Waals surface area contributed by atoms with Crippen molar-refractivity contribution < 1.29 is 24.2 Å². The summed E-state index contributed by atoms with van der Waals surface area (Å²) in [6, 6.07) is -0.452. The summed E-state index contributed by atoms with van der Waals surface area (Å²) in [5, 5.41) is 16.2. The molecule has 1 atom stereocenters. The topological polar surface area (TPSA) is 117 Å². The van der Waals surface area contributed by atoms with E-state index in [0.717, 1.165) is 0 Å². The third-order valence-electron chi connectivity index (χ3n) is 2.10. The number of hydrogen-bond acceptors (Lipinski definition) is 5. The van der Waals surface area contributed by atoms with E-state index in [-0.39, 0.29) is 44.7 Å². The largest absolute Gasteiger partial charge is 0.480 e. The van der Waals surface area contributed by atoms with Gasteiger partial charge in [-0.2, -0.15) is 0 Å². The molecule has 1 fully saturated rings. The maximum Gasteiger partial charge on any atom is 0.329 e. The Morgan fingerprint density at radius 1 is 1.53 bits per heavy atom. The number of rotatable bonds is 6. The van der Waals surface area contributed by atoms with Crippen LogP contribution < -0.4 is 16.0 Å². The van der Waals surface area contributed by atoms with Crippen molar-refractivity contribution in [1.82, 2.24) is 16.0 Å². The van der Waals surface area contributed by atoms with Crippen molar-refractivity contribution in [2.75, 3.05) is 32.8 Å². The summed E-state index contributed by atoms with van der Waals surface area (Å²) in [7, 11) is 0. The highest BCUT2D eigenvalue weighted by molar-refractivity contribution is 5.86. The Hall–Kier alpha value is -1.67. The lowest BCUT2D eigenvalue weighted by atomic mass is 10.2. The predicted octanol–water partition coefficient (Wildman–Crippen LogP) is -2.71. The molecule has 2 amide bonds. The van der Waals surface area contributed by atoms with Crippen molar-refractivity contribution in [2.24, 2.45) is 0 Å². The molecule has 0 aromatic heterocycles. The van der Waals surface area contributed by atoms with E-state index < -0.39 is 12.0 Å².